The molecule has 1 amide bonds. The molecule has 5 heteroatoms. The van der Waals surface area contributed by atoms with Crippen molar-refractivity contribution in [1.82, 2.24) is 9.97 Å². The molecule has 0 saturated carbocycles. The van der Waals surface area contributed by atoms with Crippen LogP contribution in [-0.2, 0) is 4.79 Å². The van der Waals surface area contributed by atoms with Gasteiger partial charge in [0, 0.05) is 18.7 Å². The number of nitrogens with zero attached hydrogens (tertiary/aromatic N) is 1. The predicted octanol–water partition coefficient (Wildman–Crippen LogP) is 1.53. The van der Waals surface area contributed by atoms with Gasteiger partial charge in [0.05, 0.1) is 0 Å². The number of anilines is 1. The topological polar surface area (TPSA) is 74.8 Å². The normalized spacial score (nSPS) is 11.2. The first-order valence-electron chi connectivity index (χ1n) is 5.22. The van der Waals surface area contributed by atoms with Gasteiger partial charge in [-0.15, -0.1) is 0 Å². The number of nitrogens with one attached hydrogen (secondary N) is 2. The average molecular weight is 223 g/mol. The molecule has 16 heavy (non-hydrogen) atoms. The summed E-state index contributed by atoms with van der Waals surface area (Å²) in [5.74, 6) is 0.0654. The Balaban J connectivity index is 2.49. The van der Waals surface area contributed by atoms with Crippen LogP contribution in [-0.4, -0.2) is 15.9 Å². The van der Waals surface area contributed by atoms with Gasteiger partial charge in [0.2, 0.25) is 11.9 Å². The lowest BCUT2D eigenvalue weighted by atomic mass is 9.90. The van der Waals surface area contributed by atoms with E-state index in [0.717, 1.165) is 6.42 Å². The van der Waals surface area contributed by atoms with Gasteiger partial charge in [0.1, 0.15) is 0 Å². The summed E-state index contributed by atoms with van der Waals surface area (Å²) in [4.78, 5) is 28.7. The van der Waals surface area contributed by atoms with Gasteiger partial charge in [-0.25, -0.2) is 4.98 Å². The second-order valence-electron chi connectivity index (χ2n) is 4.89. The van der Waals surface area contributed by atoms with Crippen LogP contribution in [0.1, 0.15) is 33.6 Å². The molecule has 1 heterocycles. The Bertz CT molecular complexity index is 418. The van der Waals surface area contributed by atoms with E-state index < -0.39 is 0 Å². The Hall–Kier alpha value is -1.65. The quantitative estimate of drug-likeness (QED) is 0.816. The zero-order chi connectivity index (χ0) is 12.2. The fourth-order valence-corrected chi connectivity index (χ4v) is 1.12. The van der Waals surface area contributed by atoms with Crippen molar-refractivity contribution < 1.29 is 4.79 Å². The third-order valence-corrected chi connectivity index (χ3v) is 2.03. The maximum Gasteiger partial charge on any atom is 0.252 e. The Morgan fingerprint density at radius 3 is 2.75 bits per heavy atom. The highest BCUT2D eigenvalue weighted by Gasteiger charge is 2.13. The minimum atomic E-state index is -0.277. The number of carbonyl (C=O) groups excluding carboxylic acids is 1. The Labute approximate surface area is 94.3 Å². The summed E-state index contributed by atoms with van der Waals surface area (Å²) in [6, 6.07) is 1.30. The van der Waals surface area contributed by atoms with Gasteiger partial charge in [-0.05, 0) is 11.8 Å². The molecule has 0 aliphatic rings. The SMILES string of the molecule is CC(C)(C)CCC(=O)Nc1nccc(=O)[nH]1. The average Bonchev–Trinajstić information content (AvgIpc) is 2.14. The molecular weight excluding hydrogens is 206 g/mol. The van der Waals surface area contributed by atoms with Crippen LogP contribution in [0.15, 0.2) is 17.1 Å². The molecule has 0 spiro atoms. The molecule has 1 aromatic rings. The van der Waals surface area contributed by atoms with E-state index in [2.05, 4.69) is 36.1 Å². The summed E-state index contributed by atoms with van der Waals surface area (Å²) < 4.78 is 0. The molecule has 0 bridgehead atoms. The van der Waals surface area contributed by atoms with Crippen LogP contribution >= 0.6 is 0 Å². The highest BCUT2D eigenvalue weighted by molar-refractivity contribution is 5.88. The summed E-state index contributed by atoms with van der Waals surface area (Å²) in [5.41, 5.74) is -0.157. The van der Waals surface area contributed by atoms with Gasteiger partial charge < -0.3 is 0 Å². The van der Waals surface area contributed by atoms with Gasteiger partial charge in [0.15, 0.2) is 0 Å². The van der Waals surface area contributed by atoms with E-state index in [-0.39, 0.29) is 22.8 Å². The minimum Gasteiger partial charge on any atom is -0.296 e. The lowest BCUT2D eigenvalue weighted by Crippen LogP contribution is -2.19. The maximum atomic E-state index is 11.5. The van der Waals surface area contributed by atoms with Crippen LogP contribution in [0.4, 0.5) is 5.95 Å². The van der Waals surface area contributed by atoms with Crippen molar-refractivity contribution in [3.05, 3.63) is 22.6 Å². The molecule has 0 aromatic carbocycles. The summed E-state index contributed by atoms with van der Waals surface area (Å²) in [6.45, 7) is 6.22. The van der Waals surface area contributed by atoms with Gasteiger partial charge in [-0.3, -0.25) is 19.9 Å². The Kier molecular flexibility index (Phi) is 3.82. The van der Waals surface area contributed by atoms with Crippen LogP contribution in [0.2, 0.25) is 0 Å². The molecule has 0 unspecified atom stereocenters. The number of aromatic nitrogens is 2. The van der Waals surface area contributed by atoms with E-state index in [1.54, 1.807) is 0 Å². The molecular formula is C11H17N3O2. The number of rotatable bonds is 3. The van der Waals surface area contributed by atoms with Crippen LogP contribution in [0, 0.1) is 5.41 Å². The molecule has 1 aromatic heterocycles. The largest absolute Gasteiger partial charge is 0.296 e. The van der Waals surface area contributed by atoms with E-state index in [9.17, 15) is 9.59 Å². The molecule has 1 rings (SSSR count). The van der Waals surface area contributed by atoms with E-state index in [1.807, 2.05) is 0 Å². The third kappa shape index (κ3) is 4.72. The number of carbonyl (C=O) groups is 1. The summed E-state index contributed by atoms with van der Waals surface area (Å²) in [6.07, 6.45) is 2.57. The number of H-pyrrole nitrogens is 1. The zero-order valence-electron chi connectivity index (χ0n) is 9.83. The lowest BCUT2D eigenvalue weighted by molar-refractivity contribution is -0.116. The predicted molar refractivity (Wildman–Crippen MR) is 62.2 cm³/mol. The maximum absolute atomic E-state index is 11.5. The van der Waals surface area contributed by atoms with Crippen molar-refractivity contribution in [2.45, 2.75) is 33.6 Å². The zero-order valence-corrected chi connectivity index (χ0v) is 9.83. The summed E-state index contributed by atoms with van der Waals surface area (Å²) in [7, 11) is 0. The molecule has 0 aliphatic carbocycles. The van der Waals surface area contributed by atoms with E-state index >= 15 is 0 Å². The van der Waals surface area contributed by atoms with E-state index in [4.69, 9.17) is 0 Å². The number of aromatic amines is 1. The van der Waals surface area contributed by atoms with Crippen molar-refractivity contribution in [3.63, 3.8) is 0 Å². The molecule has 5 nitrogen and oxygen atoms in total. The minimum absolute atomic E-state index is 0.120. The molecule has 88 valence electrons. The van der Waals surface area contributed by atoms with Crippen LogP contribution in [0.25, 0.3) is 0 Å². The Morgan fingerprint density at radius 1 is 1.50 bits per heavy atom. The second kappa shape index (κ2) is 4.92. The van der Waals surface area contributed by atoms with Crippen LogP contribution in [0.5, 0.6) is 0 Å². The molecule has 0 saturated heterocycles. The van der Waals surface area contributed by atoms with Crippen molar-refractivity contribution in [3.8, 4) is 0 Å². The lowest BCUT2D eigenvalue weighted by Gasteiger charge is -2.16. The highest BCUT2D eigenvalue weighted by Crippen LogP contribution is 2.20. The fraction of sp³-hybridized carbons (Fsp3) is 0.545. The molecule has 0 atom stereocenters. The second-order valence-corrected chi connectivity index (χ2v) is 4.89. The summed E-state index contributed by atoms with van der Waals surface area (Å²) >= 11 is 0. The first kappa shape index (κ1) is 12.4. The number of hydrogen-bond acceptors (Lipinski definition) is 3. The van der Waals surface area contributed by atoms with Crippen molar-refractivity contribution in [1.29, 1.82) is 0 Å². The Morgan fingerprint density at radius 2 is 2.19 bits per heavy atom. The van der Waals surface area contributed by atoms with Crippen molar-refractivity contribution in [2.24, 2.45) is 5.41 Å². The molecule has 0 aliphatic heterocycles. The highest BCUT2D eigenvalue weighted by atomic mass is 16.2. The van der Waals surface area contributed by atoms with Gasteiger partial charge >= 0.3 is 0 Å². The van der Waals surface area contributed by atoms with E-state index in [1.165, 1.54) is 12.3 Å². The monoisotopic (exact) mass is 223 g/mol. The summed E-state index contributed by atoms with van der Waals surface area (Å²) in [5, 5.41) is 2.55. The van der Waals surface area contributed by atoms with E-state index in [0.29, 0.717) is 6.42 Å². The third-order valence-electron chi connectivity index (χ3n) is 2.03. The molecule has 0 radical (unpaired) electrons. The number of amides is 1. The van der Waals surface area contributed by atoms with Crippen LogP contribution < -0.4 is 10.9 Å². The number of hydrogen-bond donors (Lipinski definition) is 2. The first-order chi connectivity index (χ1) is 7.37. The van der Waals surface area contributed by atoms with Crippen LogP contribution in [0.3, 0.4) is 0 Å². The van der Waals surface area contributed by atoms with Crippen molar-refractivity contribution >= 4 is 11.9 Å². The smallest absolute Gasteiger partial charge is 0.252 e. The van der Waals surface area contributed by atoms with Gasteiger partial charge in [-0.1, -0.05) is 20.8 Å². The van der Waals surface area contributed by atoms with Gasteiger partial charge in [0.25, 0.3) is 5.56 Å². The van der Waals surface area contributed by atoms with Crippen molar-refractivity contribution in [2.75, 3.05) is 5.32 Å². The molecule has 2 N–H and O–H groups in total. The standard InChI is InChI=1S/C11H17N3O2/c1-11(2,3)6-4-8(15)13-10-12-7-5-9(16)14-10/h5,7H,4,6H2,1-3H3,(H2,12,13,14,15,16). The first-order valence-corrected chi connectivity index (χ1v) is 5.22. The molecule has 0 fully saturated rings. The van der Waals surface area contributed by atoms with Gasteiger partial charge in [-0.2, -0.15) is 0 Å². The fourth-order valence-electron chi connectivity index (χ4n) is 1.12.